The summed E-state index contributed by atoms with van der Waals surface area (Å²) in [6.45, 7) is 0. The van der Waals surface area contributed by atoms with Crippen LogP contribution in [0.3, 0.4) is 0 Å². The lowest BCUT2D eigenvalue weighted by Crippen LogP contribution is -1.71. The molecule has 1 aromatic heterocycles. The minimum absolute atomic E-state index is 0.706. The molecule has 0 fully saturated rings. The minimum atomic E-state index is 0.706. The van der Waals surface area contributed by atoms with Crippen LogP contribution in [-0.2, 0) is 0 Å². The molecule has 74 valence electrons. The molecule has 0 aliphatic carbocycles. The molecule has 15 heavy (non-hydrogen) atoms. The first-order valence-corrected chi connectivity index (χ1v) is 5.70. The molecular formula is C12H6BrClO. The number of benzene rings is 2. The third-order valence-electron chi connectivity index (χ3n) is 2.43. The summed E-state index contributed by atoms with van der Waals surface area (Å²) in [5.74, 6) is 0. The van der Waals surface area contributed by atoms with Gasteiger partial charge in [0.05, 0.1) is 5.02 Å². The van der Waals surface area contributed by atoms with E-state index in [1.165, 1.54) is 0 Å². The standard InChI is InChI=1S/C12H6BrClO/c13-8-5-6-10-11(12(8)14)7-3-1-2-4-9(7)15-10/h1-6H. The Balaban J connectivity index is 2.63. The van der Waals surface area contributed by atoms with Gasteiger partial charge < -0.3 is 4.42 Å². The molecule has 0 atom stereocenters. The molecule has 0 aliphatic heterocycles. The van der Waals surface area contributed by atoms with Gasteiger partial charge in [-0.25, -0.2) is 0 Å². The molecule has 0 amide bonds. The van der Waals surface area contributed by atoms with Gasteiger partial charge in [0, 0.05) is 15.2 Å². The second-order valence-electron chi connectivity index (χ2n) is 3.33. The van der Waals surface area contributed by atoms with Crippen molar-refractivity contribution in [2.24, 2.45) is 0 Å². The van der Waals surface area contributed by atoms with Gasteiger partial charge in [-0.05, 0) is 34.1 Å². The lowest BCUT2D eigenvalue weighted by molar-refractivity contribution is 0.669. The van der Waals surface area contributed by atoms with E-state index in [0.717, 1.165) is 26.4 Å². The Bertz CT molecular complexity index is 657. The van der Waals surface area contributed by atoms with Crippen molar-refractivity contribution < 1.29 is 4.42 Å². The van der Waals surface area contributed by atoms with Crippen LogP contribution in [0.25, 0.3) is 21.9 Å². The van der Waals surface area contributed by atoms with Crippen LogP contribution in [-0.4, -0.2) is 0 Å². The van der Waals surface area contributed by atoms with Crippen molar-refractivity contribution in [3.8, 4) is 0 Å². The Hall–Kier alpha value is -0.990. The first-order valence-electron chi connectivity index (χ1n) is 4.52. The van der Waals surface area contributed by atoms with Gasteiger partial charge in [-0.1, -0.05) is 29.8 Å². The van der Waals surface area contributed by atoms with E-state index in [0.29, 0.717) is 5.02 Å². The molecule has 1 heterocycles. The fourth-order valence-corrected chi connectivity index (χ4v) is 2.34. The Morgan fingerprint density at radius 1 is 1.00 bits per heavy atom. The lowest BCUT2D eigenvalue weighted by atomic mass is 10.1. The van der Waals surface area contributed by atoms with Crippen LogP contribution >= 0.6 is 27.5 Å². The molecular weight excluding hydrogens is 275 g/mol. The van der Waals surface area contributed by atoms with Crippen LogP contribution in [0.4, 0.5) is 0 Å². The van der Waals surface area contributed by atoms with Gasteiger partial charge in [0.2, 0.25) is 0 Å². The van der Waals surface area contributed by atoms with Gasteiger partial charge >= 0.3 is 0 Å². The van der Waals surface area contributed by atoms with Crippen molar-refractivity contribution in [3.05, 3.63) is 45.9 Å². The van der Waals surface area contributed by atoms with Gasteiger partial charge in [-0.2, -0.15) is 0 Å². The zero-order valence-corrected chi connectivity index (χ0v) is 9.97. The van der Waals surface area contributed by atoms with Crippen LogP contribution in [0.1, 0.15) is 0 Å². The summed E-state index contributed by atoms with van der Waals surface area (Å²) in [6, 6.07) is 11.7. The second-order valence-corrected chi connectivity index (χ2v) is 4.57. The Morgan fingerprint density at radius 2 is 1.80 bits per heavy atom. The molecule has 1 nitrogen and oxygen atoms in total. The minimum Gasteiger partial charge on any atom is -0.456 e. The maximum absolute atomic E-state index is 6.24. The fourth-order valence-electron chi connectivity index (χ4n) is 1.75. The molecule has 0 unspecified atom stereocenters. The van der Waals surface area contributed by atoms with E-state index in [1.807, 2.05) is 36.4 Å². The van der Waals surface area contributed by atoms with E-state index in [2.05, 4.69) is 15.9 Å². The summed E-state index contributed by atoms with van der Waals surface area (Å²) >= 11 is 9.65. The predicted molar refractivity (Wildman–Crippen MR) is 66.4 cm³/mol. The molecule has 3 heteroatoms. The average Bonchev–Trinajstić information content (AvgIpc) is 2.62. The summed E-state index contributed by atoms with van der Waals surface area (Å²) in [5, 5.41) is 2.73. The normalized spacial score (nSPS) is 11.3. The number of hydrogen-bond acceptors (Lipinski definition) is 1. The molecule has 2 aromatic carbocycles. The summed E-state index contributed by atoms with van der Waals surface area (Å²) in [7, 11) is 0. The van der Waals surface area contributed by atoms with Crippen molar-refractivity contribution in [2.45, 2.75) is 0 Å². The number of hydrogen-bond donors (Lipinski definition) is 0. The van der Waals surface area contributed by atoms with Crippen LogP contribution in [0.5, 0.6) is 0 Å². The predicted octanol–water partition coefficient (Wildman–Crippen LogP) is 5.00. The van der Waals surface area contributed by atoms with Crippen LogP contribution < -0.4 is 0 Å². The zero-order valence-electron chi connectivity index (χ0n) is 7.63. The fraction of sp³-hybridized carbons (Fsp3) is 0. The molecule has 0 aliphatic rings. The van der Waals surface area contributed by atoms with Gasteiger partial charge in [0.1, 0.15) is 11.2 Å². The lowest BCUT2D eigenvalue weighted by Gasteiger charge is -1.96. The first kappa shape index (κ1) is 9.25. The quantitative estimate of drug-likeness (QED) is 0.565. The second kappa shape index (κ2) is 3.26. The van der Waals surface area contributed by atoms with Crippen LogP contribution in [0, 0.1) is 0 Å². The summed E-state index contributed by atoms with van der Waals surface area (Å²) in [5.41, 5.74) is 1.69. The highest BCUT2D eigenvalue weighted by Gasteiger charge is 2.11. The van der Waals surface area contributed by atoms with Crippen molar-refractivity contribution in [3.63, 3.8) is 0 Å². The monoisotopic (exact) mass is 280 g/mol. The van der Waals surface area contributed by atoms with E-state index in [1.54, 1.807) is 0 Å². The molecule has 0 spiro atoms. The molecule has 0 bridgehead atoms. The van der Waals surface area contributed by atoms with E-state index in [4.69, 9.17) is 16.0 Å². The Morgan fingerprint density at radius 3 is 2.67 bits per heavy atom. The Kier molecular flexibility index (Phi) is 2.01. The van der Waals surface area contributed by atoms with Gasteiger partial charge in [0.25, 0.3) is 0 Å². The van der Waals surface area contributed by atoms with E-state index < -0.39 is 0 Å². The van der Waals surface area contributed by atoms with E-state index in [-0.39, 0.29) is 0 Å². The largest absolute Gasteiger partial charge is 0.456 e. The van der Waals surface area contributed by atoms with Crippen molar-refractivity contribution in [1.29, 1.82) is 0 Å². The number of fused-ring (bicyclic) bond motifs is 3. The average molecular weight is 282 g/mol. The van der Waals surface area contributed by atoms with Crippen molar-refractivity contribution >= 4 is 49.5 Å². The third kappa shape index (κ3) is 1.29. The van der Waals surface area contributed by atoms with Gasteiger partial charge in [0.15, 0.2) is 0 Å². The van der Waals surface area contributed by atoms with E-state index >= 15 is 0 Å². The topological polar surface area (TPSA) is 13.1 Å². The third-order valence-corrected chi connectivity index (χ3v) is 3.71. The van der Waals surface area contributed by atoms with Gasteiger partial charge in [-0.3, -0.25) is 0 Å². The molecule has 0 radical (unpaired) electrons. The molecule has 0 N–H and O–H groups in total. The van der Waals surface area contributed by atoms with Crippen LogP contribution in [0.2, 0.25) is 5.02 Å². The highest BCUT2D eigenvalue weighted by molar-refractivity contribution is 9.10. The van der Waals surface area contributed by atoms with Crippen molar-refractivity contribution in [1.82, 2.24) is 0 Å². The number of rotatable bonds is 0. The maximum atomic E-state index is 6.24. The summed E-state index contributed by atoms with van der Waals surface area (Å²) in [4.78, 5) is 0. The van der Waals surface area contributed by atoms with Crippen molar-refractivity contribution in [2.75, 3.05) is 0 Å². The Labute approximate surface area is 99.8 Å². The van der Waals surface area contributed by atoms with Crippen LogP contribution in [0.15, 0.2) is 45.3 Å². The number of para-hydroxylation sites is 1. The molecule has 0 saturated heterocycles. The number of furan rings is 1. The smallest absolute Gasteiger partial charge is 0.137 e. The van der Waals surface area contributed by atoms with Gasteiger partial charge in [-0.15, -0.1) is 0 Å². The maximum Gasteiger partial charge on any atom is 0.137 e. The SMILES string of the molecule is Clc1c(Br)ccc2oc3ccccc3c12. The summed E-state index contributed by atoms with van der Waals surface area (Å²) < 4.78 is 6.57. The first-order chi connectivity index (χ1) is 7.27. The summed E-state index contributed by atoms with van der Waals surface area (Å²) in [6.07, 6.45) is 0. The highest BCUT2D eigenvalue weighted by Crippen LogP contribution is 2.37. The highest BCUT2D eigenvalue weighted by atomic mass is 79.9. The zero-order chi connectivity index (χ0) is 10.4. The molecule has 3 aromatic rings. The number of halogens is 2. The molecule has 3 rings (SSSR count). The van der Waals surface area contributed by atoms with E-state index in [9.17, 15) is 0 Å². The molecule has 0 saturated carbocycles.